The maximum Gasteiger partial charge on any atom is 0.308 e. The Labute approximate surface area is 140 Å². The molecule has 5 nitrogen and oxygen atoms in total. The van der Waals surface area contributed by atoms with Crippen LogP contribution in [0.25, 0.3) is 0 Å². The standard InChI is InChI=1S/C15H20Cl2N2O3/c1-15(2,3)22-13(20)7-12(18)14(21)19-8-9-4-5-10(16)11(17)6-9/h4-6,12H,7-8,18H2,1-3H3,(H,19,21)/t12-/m1/s1. The van der Waals surface area contributed by atoms with Gasteiger partial charge in [-0.05, 0) is 38.5 Å². The van der Waals surface area contributed by atoms with Gasteiger partial charge >= 0.3 is 5.97 Å². The van der Waals surface area contributed by atoms with Crippen LogP contribution < -0.4 is 11.1 Å². The zero-order valence-electron chi connectivity index (χ0n) is 12.8. The predicted octanol–water partition coefficient (Wildman–Crippen LogP) is 2.67. The van der Waals surface area contributed by atoms with Gasteiger partial charge < -0.3 is 15.8 Å². The van der Waals surface area contributed by atoms with E-state index in [-0.39, 0.29) is 13.0 Å². The normalized spacial score (nSPS) is 12.6. The lowest BCUT2D eigenvalue weighted by Gasteiger charge is -2.20. The van der Waals surface area contributed by atoms with Crippen molar-refractivity contribution in [1.82, 2.24) is 5.32 Å². The van der Waals surface area contributed by atoms with Crippen molar-refractivity contribution >= 4 is 35.1 Å². The number of hydrogen-bond donors (Lipinski definition) is 2. The van der Waals surface area contributed by atoms with Crippen LogP contribution in [0.5, 0.6) is 0 Å². The van der Waals surface area contributed by atoms with Gasteiger partial charge in [-0.2, -0.15) is 0 Å². The van der Waals surface area contributed by atoms with Crippen LogP contribution in [-0.4, -0.2) is 23.5 Å². The second-order valence-corrected chi connectivity index (χ2v) is 6.68. The summed E-state index contributed by atoms with van der Waals surface area (Å²) in [6, 6.07) is 4.08. The Kier molecular flexibility index (Phi) is 6.66. The van der Waals surface area contributed by atoms with Gasteiger partial charge in [0.15, 0.2) is 0 Å². The van der Waals surface area contributed by atoms with Crippen LogP contribution in [0.15, 0.2) is 18.2 Å². The summed E-state index contributed by atoms with van der Waals surface area (Å²) in [7, 11) is 0. The number of nitrogens with two attached hydrogens (primary N) is 1. The van der Waals surface area contributed by atoms with Crippen LogP contribution in [-0.2, 0) is 20.9 Å². The van der Waals surface area contributed by atoms with E-state index in [9.17, 15) is 9.59 Å². The second-order valence-electron chi connectivity index (χ2n) is 5.86. The van der Waals surface area contributed by atoms with Crippen LogP contribution >= 0.6 is 23.2 Å². The molecule has 0 unspecified atom stereocenters. The van der Waals surface area contributed by atoms with E-state index in [2.05, 4.69) is 5.32 Å². The van der Waals surface area contributed by atoms with Crippen LogP contribution in [0, 0.1) is 0 Å². The van der Waals surface area contributed by atoms with Crippen molar-refractivity contribution in [2.75, 3.05) is 0 Å². The highest BCUT2D eigenvalue weighted by Crippen LogP contribution is 2.22. The molecule has 0 aliphatic heterocycles. The average molecular weight is 347 g/mol. The van der Waals surface area contributed by atoms with Crippen LogP contribution in [0.1, 0.15) is 32.8 Å². The average Bonchev–Trinajstić information content (AvgIpc) is 2.37. The first kappa shape index (κ1) is 18.7. The molecular weight excluding hydrogens is 327 g/mol. The minimum atomic E-state index is -0.961. The van der Waals surface area contributed by atoms with E-state index in [1.165, 1.54) is 0 Å². The van der Waals surface area contributed by atoms with E-state index in [1.54, 1.807) is 39.0 Å². The lowest BCUT2D eigenvalue weighted by molar-refractivity contribution is -0.156. The molecule has 0 fully saturated rings. The number of esters is 1. The van der Waals surface area contributed by atoms with Crippen LogP contribution in [0.2, 0.25) is 10.0 Å². The summed E-state index contributed by atoms with van der Waals surface area (Å²) in [5.74, 6) is -0.943. The van der Waals surface area contributed by atoms with Crippen molar-refractivity contribution in [3.05, 3.63) is 33.8 Å². The summed E-state index contributed by atoms with van der Waals surface area (Å²) in [6.45, 7) is 5.50. The Morgan fingerprint density at radius 2 is 1.91 bits per heavy atom. The Hall–Kier alpha value is -1.30. The zero-order chi connectivity index (χ0) is 16.9. The summed E-state index contributed by atoms with van der Waals surface area (Å²) < 4.78 is 5.12. The first-order valence-electron chi connectivity index (χ1n) is 6.77. The Morgan fingerprint density at radius 1 is 1.27 bits per heavy atom. The molecule has 122 valence electrons. The SMILES string of the molecule is CC(C)(C)OC(=O)C[C@@H](N)C(=O)NCc1ccc(Cl)c(Cl)c1. The predicted molar refractivity (Wildman–Crippen MR) is 86.7 cm³/mol. The molecule has 0 radical (unpaired) electrons. The molecule has 0 saturated heterocycles. The lowest BCUT2D eigenvalue weighted by atomic mass is 10.1. The fraction of sp³-hybridized carbons (Fsp3) is 0.467. The first-order chi connectivity index (χ1) is 10.1. The zero-order valence-corrected chi connectivity index (χ0v) is 14.3. The van der Waals surface area contributed by atoms with Gasteiger partial charge in [-0.15, -0.1) is 0 Å². The van der Waals surface area contributed by atoms with Crippen molar-refractivity contribution in [2.24, 2.45) is 5.73 Å². The number of nitrogens with one attached hydrogen (secondary N) is 1. The molecule has 0 bridgehead atoms. The summed E-state index contributed by atoms with van der Waals surface area (Å²) in [6.07, 6.45) is -0.176. The monoisotopic (exact) mass is 346 g/mol. The molecular formula is C15H20Cl2N2O3. The number of hydrogen-bond acceptors (Lipinski definition) is 4. The molecule has 3 N–H and O–H groups in total. The molecule has 0 aliphatic rings. The van der Waals surface area contributed by atoms with Gasteiger partial charge in [0.1, 0.15) is 5.60 Å². The van der Waals surface area contributed by atoms with Gasteiger partial charge in [0.05, 0.1) is 22.5 Å². The Balaban J connectivity index is 2.47. The van der Waals surface area contributed by atoms with Gasteiger partial charge in [0, 0.05) is 6.54 Å². The number of ether oxygens (including phenoxy) is 1. The van der Waals surface area contributed by atoms with Crippen molar-refractivity contribution in [3.63, 3.8) is 0 Å². The van der Waals surface area contributed by atoms with E-state index in [4.69, 9.17) is 33.7 Å². The maximum absolute atomic E-state index is 11.9. The fourth-order valence-electron chi connectivity index (χ4n) is 1.63. The summed E-state index contributed by atoms with van der Waals surface area (Å²) >= 11 is 11.7. The van der Waals surface area contributed by atoms with E-state index < -0.39 is 23.5 Å². The summed E-state index contributed by atoms with van der Waals surface area (Å²) in [5, 5.41) is 3.49. The molecule has 0 spiro atoms. The number of benzene rings is 1. The highest BCUT2D eigenvalue weighted by molar-refractivity contribution is 6.42. The molecule has 1 aromatic carbocycles. The summed E-state index contributed by atoms with van der Waals surface area (Å²) in [4.78, 5) is 23.5. The van der Waals surface area contributed by atoms with Crippen molar-refractivity contribution < 1.29 is 14.3 Å². The molecule has 1 amide bonds. The molecule has 1 atom stereocenters. The van der Waals surface area contributed by atoms with Gasteiger partial charge in [-0.25, -0.2) is 0 Å². The van der Waals surface area contributed by atoms with Crippen molar-refractivity contribution in [3.8, 4) is 0 Å². The van der Waals surface area contributed by atoms with Crippen molar-refractivity contribution in [2.45, 2.75) is 45.4 Å². The topological polar surface area (TPSA) is 81.4 Å². The molecule has 0 heterocycles. The molecule has 0 saturated carbocycles. The smallest absolute Gasteiger partial charge is 0.308 e. The molecule has 0 aliphatic carbocycles. The largest absolute Gasteiger partial charge is 0.460 e. The lowest BCUT2D eigenvalue weighted by Crippen LogP contribution is -2.42. The van der Waals surface area contributed by atoms with E-state index >= 15 is 0 Å². The van der Waals surface area contributed by atoms with Crippen molar-refractivity contribution in [1.29, 1.82) is 0 Å². The minimum absolute atomic E-state index is 0.176. The Morgan fingerprint density at radius 3 is 2.45 bits per heavy atom. The third kappa shape index (κ3) is 6.64. The third-order valence-electron chi connectivity index (χ3n) is 2.59. The summed E-state index contributed by atoms with van der Waals surface area (Å²) in [5.41, 5.74) is 5.88. The van der Waals surface area contributed by atoms with E-state index in [0.717, 1.165) is 5.56 Å². The van der Waals surface area contributed by atoms with Crippen LogP contribution in [0.3, 0.4) is 0 Å². The third-order valence-corrected chi connectivity index (χ3v) is 3.33. The number of halogens is 2. The van der Waals surface area contributed by atoms with E-state index in [1.807, 2.05) is 0 Å². The van der Waals surface area contributed by atoms with Crippen LogP contribution in [0.4, 0.5) is 0 Å². The maximum atomic E-state index is 11.9. The van der Waals surface area contributed by atoms with Gasteiger partial charge in [0.25, 0.3) is 0 Å². The van der Waals surface area contributed by atoms with E-state index in [0.29, 0.717) is 10.0 Å². The van der Waals surface area contributed by atoms with Gasteiger partial charge in [-0.1, -0.05) is 29.3 Å². The number of amides is 1. The molecule has 1 aromatic rings. The number of carbonyl (C=O) groups is 2. The quantitative estimate of drug-likeness (QED) is 0.803. The second kappa shape index (κ2) is 7.81. The highest BCUT2D eigenvalue weighted by Gasteiger charge is 2.22. The molecule has 7 heteroatoms. The molecule has 1 rings (SSSR count). The van der Waals surface area contributed by atoms with Gasteiger partial charge in [0.2, 0.25) is 5.91 Å². The molecule has 22 heavy (non-hydrogen) atoms. The number of carbonyl (C=O) groups excluding carboxylic acids is 2. The first-order valence-corrected chi connectivity index (χ1v) is 7.53. The van der Waals surface area contributed by atoms with Gasteiger partial charge in [-0.3, -0.25) is 9.59 Å². The molecule has 0 aromatic heterocycles. The minimum Gasteiger partial charge on any atom is -0.460 e. The Bertz CT molecular complexity index is 556. The fourth-order valence-corrected chi connectivity index (χ4v) is 1.95. The number of rotatable bonds is 5. The highest BCUT2D eigenvalue weighted by atomic mass is 35.5.